The molecule has 0 radical (unpaired) electrons. The number of rotatable bonds is 6. The van der Waals surface area contributed by atoms with Gasteiger partial charge in [0, 0.05) is 43.2 Å². The van der Waals surface area contributed by atoms with E-state index in [1.807, 2.05) is 35.4 Å². The van der Waals surface area contributed by atoms with Gasteiger partial charge < -0.3 is 19.4 Å². The third kappa shape index (κ3) is 3.99. The van der Waals surface area contributed by atoms with Crippen molar-refractivity contribution >= 4 is 5.91 Å². The summed E-state index contributed by atoms with van der Waals surface area (Å²) in [5, 5.41) is 8.85. The first kappa shape index (κ1) is 17.6. The molecule has 0 spiro atoms. The number of nitrogens with zero attached hydrogens (tertiary/aromatic N) is 2. The SMILES string of the molecule is N#Cc1ccc(OC[C@@H]2CO[C@@H]3CN(C(=O)CCc4ccc[nH]4)C[C@H]23)cc1. The molecule has 0 bridgehead atoms. The first-order valence-corrected chi connectivity index (χ1v) is 9.37. The van der Waals surface area contributed by atoms with E-state index in [2.05, 4.69) is 11.1 Å². The van der Waals surface area contributed by atoms with E-state index in [0.29, 0.717) is 37.7 Å². The van der Waals surface area contributed by atoms with Gasteiger partial charge in [0.1, 0.15) is 5.75 Å². The van der Waals surface area contributed by atoms with Crippen molar-refractivity contribution in [2.75, 3.05) is 26.3 Å². The average molecular weight is 365 g/mol. The molecule has 0 aliphatic carbocycles. The number of hydrogen-bond acceptors (Lipinski definition) is 4. The number of carbonyl (C=O) groups excluding carboxylic acids is 1. The van der Waals surface area contributed by atoms with Crippen LogP contribution in [0.2, 0.25) is 0 Å². The van der Waals surface area contributed by atoms with E-state index in [9.17, 15) is 4.79 Å². The van der Waals surface area contributed by atoms with Crippen LogP contribution in [-0.4, -0.2) is 48.2 Å². The predicted octanol–water partition coefficient (Wildman–Crippen LogP) is 2.37. The standard InChI is InChI=1S/C21H23N3O3/c22-10-15-3-6-18(7-4-15)26-13-16-14-27-20-12-24(11-19(16)20)21(25)8-5-17-2-1-9-23-17/h1-4,6-7,9,16,19-20,23H,5,8,11-14H2/t16-,19-,20-/m1/s1. The van der Waals surface area contributed by atoms with Crippen molar-refractivity contribution < 1.29 is 14.3 Å². The van der Waals surface area contributed by atoms with Gasteiger partial charge in [-0.2, -0.15) is 5.26 Å². The number of nitrogens with one attached hydrogen (secondary N) is 1. The monoisotopic (exact) mass is 365 g/mol. The fourth-order valence-corrected chi connectivity index (χ4v) is 3.93. The van der Waals surface area contributed by atoms with Crippen LogP contribution in [0.1, 0.15) is 17.7 Å². The summed E-state index contributed by atoms with van der Waals surface area (Å²) in [5.74, 6) is 1.56. The predicted molar refractivity (Wildman–Crippen MR) is 99.1 cm³/mol. The Bertz CT molecular complexity index is 810. The van der Waals surface area contributed by atoms with Crippen LogP contribution in [0.25, 0.3) is 0 Å². The third-order valence-corrected chi connectivity index (χ3v) is 5.51. The maximum absolute atomic E-state index is 12.5. The van der Waals surface area contributed by atoms with E-state index in [1.165, 1.54) is 0 Å². The van der Waals surface area contributed by atoms with Crippen LogP contribution in [0.15, 0.2) is 42.6 Å². The molecule has 3 atom stereocenters. The molecule has 2 aliphatic heterocycles. The Balaban J connectivity index is 1.27. The normalized spacial score (nSPS) is 23.8. The third-order valence-electron chi connectivity index (χ3n) is 5.51. The molecule has 2 fully saturated rings. The summed E-state index contributed by atoms with van der Waals surface area (Å²) in [6, 6.07) is 13.2. The fraction of sp³-hybridized carbons (Fsp3) is 0.429. The van der Waals surface area contributed by atoms with Crippen LogP contribution in [0.5, 0.6) is 5.75 Å². The molecular weight excluding hydrogens is 342 g/mol. The number of aryl methyl sites for hydroxylation is 1. The molecule has 3 heterocycles. The van der Waals surface area contributed by atoms with Crippen LogP contribution in [-0.2, 0) is 16.0 Å². The summed E-state index contributed by atoms with van der Waals surface area (Å²) < 4.78 is 11.8. The van der Waals surface area contributed by atoms with Crippen LogP contribution in [0.4, 0.5) is 0 Å². The molecule has 6 heteroatoms. The van der Waals surface area contributed by atoms with Gasteiger partial charge in [0.2, 0.25) is 5.91 Å². The summed E-state index contributed by atoms with van der Waals surface area (Å²) in [7, 11) is 0. The lowest BCUT2D eigenvalue weighted by molar-refractivity contribution is -0.131. The summed E-state index contributed by atoms with van der Waals surface area (Å²) in [5.41, 5.74) is 1.71. The molecule has 1 aromatic heterocycles. The van der Waals surface area contributed by atoms with Gasteiger partial charge in [-0.25, -0.2) is 0 Å². The minimum absolute atomic E-state index is 0.119. The molecule has 0 unspecified atom stereocenters. The van der Waals surface area contributed by atoms with Crippen molar-refractivity contribution in [1.82, 2.24) is 9.88 Å². The molecule has 140 valence electrons. The van der Waals surface area contributed by atoms with Gasteiger partial charge >= 0.3 is 0 Å². The fourth-order valence-electron chi connectivity index (χ4n) is 3.93. The van der Waals surface area contributed by atoms with Gasteiger partial charge in [0.25, 0.3) is 0 Å². The number of aromatic amines is 1. The Morgan fingerprint density at radius 2 is 2.15 bits per heavy atom. The van der Waals surface area contributed by atoms with Crippen molar-refractivity contribution in [2.45, 2.75) is 18.9 Å². The number of likely N-dealkylation sites (tertiary alicyclic amines) is 1. The molecule has 27 heavy (non-hydrogen) atoms. The van der Waals surface area contributed by atoms with E-state index < -0.39 is 0 Å². The van der Waals surface area contributed by atoms with E-state index >= 15 is 0 Å². The highest BCUT2D eigenvalue weighted by molar-refractivity contribution is 5.76. The largest absolute Gasteiger partial charge is 0.493 e. The second-order valence-electron chi connectivity index (χ2n) is 7.24. The average Bonchev–Trinajstić information content (AvgIpc) is 3.42. The topological polar surface area (TPSA) is 78.3 Å². The molecule has 6 nitrogen and oxygen atoms in total. The van der Waals surface area contributed by atoms with Crippen LogP contribution < -0.4 is 4.74 Å². The number of amides is 1. The van der Waals surface area contributed by atoms with Gasteiger partial charge in [-0.1, -0.05) is 0 Å². The minimum atomic E-state index is 0.119. The van der Waals surface area contributed by atoms with Crippen molar-refractivity contribution in [1.29, 1.82) is 5.26 Å². The lowest BCUT2D eigenvalue weighted by Crippen LogP contribution is -2.32. The number of hydrogen-bond donors (Lipinski definition) is 1. The van der Waals surface area contributed by atoms with E-state index in [-0.39, 0.29) is 17.9 Å². The Kier molecular flexibility index (Phi) is 5.12. The number of nitriles is 1. The summed E-state index contributed by atoms with van der Waals surface area (Å²) in [4.78, 5) is 17.6. The van der Waals surface area contributed by atoms with Crippen molar-refractivity contribution in [2.24, 2.45) is 11.8 Å². The number of benzene rings is 1. The molecule has 0 saturated carbocycles. The van der Waals surface area contributed by atoms with Crippen molar-refractivity contribution in [3.63, 3.8) is 0 Å². The zero-order valence-electron chi connectivity index (χ0n) is 15.1. The maximum atomic E-state index is 12.5. The van der Waals surface area contributed by atoms with Gasteiger partial charge in [-0.05, 0) is 42.8 Å². The first-order chi connectivity index (χ1) is 13.2. The Hall–Kier alpha value is -2.78. The Morgan fingerprint density at radius 1 is 1.30 bits per heavy atom. The van der Waals surface area contributed by atoms with Crippen LogP contribution >= 0.6 is 0 Å². The summed E-state index contributed by atoms with van der Waals surface area (Å²) in [6.45, 7) is 2.67. The lowest BCUT2D eigenvalue weighted by atomic mass is 9.94. The molecular formula is C21H23N3O3. The van der Waals surface area contributed by atoms with E-state index in [0.717, 1.165) is 24.4 Å². The highest BCUT2D eigenvalue weighted by Crippen LogP contribution is 2.34. The number of aromatic nitrogens is 1. The highest BCUT2D eigenvalue weighted by Gasteiger charge is 2.45. The molecule has 2 aliphatic rings. The van der Waals surface area contributed by atoms with Crippen LogP contribution in [0.3, 0.4) is 0 Å². The second-order valence-corrected chi connectivity index (χ2v) is 7.24. The number of ether oxygens (including phenoxy) is 2. The van der Waals surface area contributed by atoms with E-state index in [1.54, 1.807) is 12.1 Å². The van der Waals surface area contributed by atoms with Gasteiger partial charge in [0.15, 0.2) is 0 Å². The molecule has 1 amide bonds. The van der Waals surface area contributed by atoms with Gasteiger partial charge in [-0.3, -0.25) is 4.79 Å². The Morgan fingerprint density at radius 3 is 2.89 bits per heavy atom. The summed E-state index contributed by atoms with van der Waals surface area (Å²) >= 11 is 0. The second kappa shape index (κ2) is 7.85. The first-order valence-electron chi connectivity index (χ1n) is 9.37. The smallest absolute Gasteiger partial charge is 0.223 e. The zero-order valence-corrected chi connectivity index (χ0v) is 15.1. The van der Waals surface area contributed by atoms with E-state index in [4.69, 9.17) is 14.7 Å². The van der Waals surface area contributed by atoms with Gasteiger partial charge in [-0.15, -0.1) is 0 Å². The maximum Gasteiger partial charge on any atom is 0.223 e. The molecule has 2 aromatic rings. The number of fused-ring (bicyclic) bond motifs is 1. The zero-order chi connectivity index (χ0) is 18.6. The minimum Gasteiger partial charge on any atom is -0.493 e. The van der Waals surface area contributed by atoms with Crippen molar-refractivity contribution in [3.8, 4) is 11.8 Å². The molecule has 2 saturated heterocycles. The highest BCUT2D eigenvalue weighted by atomic mass is 16.5. The quantitative estimate of drug-likeness (QED) is 0.852. The van der Waals surface area contributed by atoms with Gasteiger partial charge in [0.05, 0.1) is 31.0 Å². The molecule has 1 N–H and O–H groups in total. The Labute approximate surface area is 158 Å². The summed E-state index contributed by atoms with van der Waals surface area (Å²) in [6.07, 6.45) is 3.26. The van der Waals surface area contributed by atoms with Crippen LogP contribution in [0, 0.1) is 23.2 Å². The number of carbonyl (C=O) groups is 1. The lowest BCUT2D eigenvalue weighted by Gasteiger charge is -2.20. The number of H-pyrrole nitrogens is 1. The molecule has 1 aromatic carbocycles. The van der Waals surface area contributed by atoms with Crippen molar-refractivity contribution in [3.05, 3.63) is 53.9 Å². The molecule has 4 rings (SSSR count).